The summed E-state index contributed by atoms with van der Waals surface area (Å²) < 4.78 is 4.98. The highest BCUT2D eigenvalue weighted by Gasteiger charge is 2.30. The van der Waals surface area contributed by atoms with Crippen molar-refractivity contribution in [2.75, 3.05) is 12.4 Å². The van der Waals surface area contributed by atoms with Crippen LogP contribution in [0.25, 0.3) is 0 Å². The summed E-state index contributed by atoms with van der Waals surface area (Å²) in [6.45, 7) is 0. The fourth-order valence-corrected chi connectivity index (χ4v) is 2.68. The SMILES string of the molecule is COc1c(NC(C(=O)O)C2CCCCC2)nc[nH]c1=O. The average molecular weight is 281 g/mol. The van der Waals surface area contributed by atoms with E-state index in [1.165, 1.54) is 13.4 Å². The number of ether oxygens (including phenoxy) is 1. The maximum Gasteiger partial charge on any atom is 0.326 e. The molecule has 3 N–H and O–H groups in total. The highest BCUT2D eigenvalue weighted by atomic mass is 16.5. The van der Waals surface area contributed by atoms with Gasteiger partial charge in [0.15, 0.2) is 5.82 Å². The molecule has 0 amide bonds. The number of H-pyrrole nitrogens is 1. The number of hydrogen-bond acceptors (Lipinski definition) is 5. The molecule has 0 aromatic carbocycles. The van der Waals surface area contributed by atoms with Gasteiger partial charge in [0.25, 0.3) is 5.56 Å². The molecule has 7 heteroatoms. The second-order valence-corrected chi connectivity index (χ2v) is 4.97. The first kappa shape index (κ1) is 14.4. The predicted molar refractivity (Wildman–Crippen MR) is 73.0 cm³/mol. The predicted octanol–water partition coefficient (Wildman–Crippen LogP) is 1.22. The number of methoxy groups -OCH3 is 1. The maximum atomic E-state index is 11.6. The molecule has 1 aliphatic carbocycles. The molecule has 1 saturated carbocycles. The number of carboxylic acids is 1. The molecule has 110 valence electrons. The Morgan fingerprint density at radius 1 is 1.50 bits per heavy atom. The van der Waals surface area contributed by atoms with Crippen molar-refractivity contribution >= 4 is 11.8 Å². The van der Waals surface area contributed by atoms with Crippen molar-refractivity contribution in [2.45, 2.75) is 38.1 Å². The summed E-state index contributed by atoms with van der Waals surface area (Å²) in [5.41, 5.74) is -0.433. The van der Waals surface area contributed by atoms with E-state index in [-0.39, 0.29) is 17.5 Å². The number of aromatic nitrogens is 2. The number of aliphatic carboxylic acids is 1. The summed E-state index contributed by atoms with van der Waals surface area (Å²) in [6, 6.07) is -0.751. The molecular formula is C13H19N3O4. The van der Waals surface area contributed by atoms with Crippen LogP contribution in [0, 0.1) is 5.92 Å². The highest BCUT2D eigenvalue weighted by Crippen LogP contribution is 2.29. The zero-order valence-corrected chi connectivity index (χ0v) is 11.4. The van der Waals surface area contributed by atoms with Crippen LogP contribution in [0.2, 0.25) is 0 Å². The highest BCUT2D eigenvalue weighted by molar-refractivity contribution is 5.78. The van der Waals surface area contributed by atoms with Crippen LogP contribution in [0.1, 0.15) is 32.1 Å². The second-order valence-electron chi connectivity index (χ2n) is 4.97. The minimum atomic E-state index is -0.930. The van der Waals surface area contributed by atoms with E-state index in [9.17, 15) is 14.7 Å². The van der Waals surface area contributed by atoms with E-state index < -0.39 is 17.6 Å². The lowest BCUT2D eigenvalue weighted by atomic mass is 9.84. The van der Waals surface area contributed by atoms with Crippen LogP contribution in [0.15, 0.2) is 11.1 Å². The van der Waals surface area contributed by atoms with Gasteiger partial charge in [-0.3, -0.25) is 4.79 Å². The normalized spacial score (nSPS) is 17.4. The zero-order valence-electron chi connectivity index (χ0n) is 11.4. The third-order valence-electron chi connectivity index (χ3n) is 3.69. The van der Waals surface area contributed by atoms with E-state index in [1.54, 1.807) is 0 Å². The Morgan fingerprint density at radius 3 is 2.80 bits per heavy atom. The van der Waals surface area contributed by atoms with E-state index >= 15 is 0 Å². The molecular weight excluding hydrogens is 262 g/mol. The number of hydrogen-bond donors (Lipinski definition) is 3. The van der Waals surface area contributed by atoms with Crippen molar-refractivity contribution in [2.24, 2.45) is 5.92 Å². The lowest BCUT2D eigenvalue weighted by Crippen LogP contribution is -2.38. The van der Waals surface area contributed by atoms with Gasteiger partial charge in [-0.1, -0.05) is 19.3 Å². The lowest BCUT2D eigenvalue weighted by molar-refractivity contribution is -0.139. The van der Waals surface area contributed by atoms with E-state index in [2.05, 4.69) is 15.3 Å². The van der Waals surface area contributed by atoms with E-state index in [4.69, 9.17) is 4.74 Å². The van der Waals surface area contributed by atoms with Crippen molar-refractivity contribution in [3.05, 3.63) is 16.7 Å². The van der Waals surface area contributed by atoms with Crippen LogP contribution >= 0.6 is 0 Å². The van der Waals surface area contributed by atoms with Crippen LogP contribution in [-0.4, -0.2) is 34.2 Å². The summed E-state index contributed by atoms with van der Waals surface area (Å²) >= 11 is 0. The maximum absolute atomic E-state index is 11.6. The van der Waals surface area contributed by atoms with Gasteiger partial charge in [0.1, 0.15) is 6.04 Å². The molecule has 20 heavy (non-hydrogen) atoms. The lowest BCUT2D eigenvalue weighted by Gasteiger charge is -2.28. The monoisotopic (exact) mass is 281 g/mol. The minimum Gasteiger partial charge on any atom is -0.489 e. The van der Waals surface area contributed by atoms with Crippen LogP contribution in [-0.2, 0) is 4.79 Å². The number of rotatable bonds is 5. The Balaban J connectivity index is 2.22. The smallest absolute Gasteiger partial charge is 0.326 e. The molecule has 1 heterocycles. The van der Waals surface area contributed by atoms with Crippen molar-refractivity contribution in [3.63, 3.8) is 0 Å². The molecule has 1 aliphatic rings. The molecule has 0 spiro atoms. The molecule has 0 saturated heterocycles. The summed E-state index contributed by atoms with van der Waals surface area (Å²) in [4.78, 5) is 29.4. The minimum absolute atomic E-state index is 0.00885. The van der Waals surface area contributed by atoms with Gasteiger partial charge in [0.05, 0.1) is 13.4 Å². The van der Waals surface area contributed by atoms with Gasteiger partial charge >= 0.3 is 5.97 Å². The quantitative estimate of drug-likeness (QED) is 0.749. The number of anilines is 1. The number of carbonyl (C=O) groups is 1. The molecule has 1 atom stereocenters. The standard InChI is InChI=1S/C13H19N3O4/c1-20-10-11(14-7-15-12(10)17)16-9(13(18)19)8-5-3-2-4-6-8/h7-9H,2-6H2,1H3,(H,18,19)(H2,14,15,16,17). The molecule has 1 unspecified atom stereocenters. The van der Waals surface area contributed by atoms with E-state index in [0.29, 0.717) is 0 Å². The molecule has 7 nitrogen and oxygen atoms in total. The Bertz CT molecular complexity index is 523. The zero-order chi connectivity index (χ0) is 14.5. The Morgan fingerprint density at radius 2 is 2.20 bits per heavy atom. The first-order valence-electron chi connectivity index (χ1n) is 6.74. The van der Waals surface area contributed by atoms with E-state index in [1.807, 2.05) is 0 Å². The Labute approximate surface area is 116 Å². The fraction of sp³-hybridized carbons (Fsp3) is 0.615. The molecule has 0 bridgehead atoms. The van der Waals surface area contributed by atoms with Gasteiger partial charge < -0.3 is 20.1 Å². The largest absolute Gasteiger partial charge is 0.489 e. The molecule has 2 rings (SSSR count). The number of nitrogens with one attached hydrogen (secondary N) is 2. The molecule has 0 radical (unpaired) electrons. The van der Waals surface area contributed by atoms with Gasteiger partial charge in [-0.25, -0.2) is 9.78 Å². The first-order chi connectivity index (χ1) is 9.63. The topological polar surface area (TPSA) is 104 Å². The van der Waals surface area contributed by atoms with Crippen molar-refractivity contribution in [1.29, 1.82) is 0 Å². The second kappa shape index (κ2) is 6.40. The van der Waals surface area contributed by atoms with Crippen LogP contribution in [0.5, 0.6) is 5.75 Å². The number of carboxylic acid groups (broad SMARTS) is 1. The molecule has 1 fully saturated rings. The summed E-state index contributed by atoms with van der Waals surface area (Å²) in [5, 5.41) is 12.3. The summed E-state index contributed by atoms with van der Waals surface area (Å²) in [6.07, 6.45) is 6.19. The Hall–Kier alpha value is -2.05. The third kappa shape index (κ3) is 3.09. The third-order valence-corrected chi connectivity index (χ3v) is 3.69. The molecule has 1 aromatic heterocycles. The van der Waals surface area contributed by atoms with Crippen LogP contribution < -0.4 is 15.6 Å². The van der Waals surface area contributed by atoms with Gasteiger partial charge in [-0.2, -0.15) is 0 Å². The number of aromatic amines is 1. The van der Waals surface area contributed by atoms with Gasteiger partial charge in [-0.15, -0.1) is 0 Å². The molecule has 0 aliphatic heterocycles. The Kier molecular flexibility index (Phi) is 4.60. The fourth-order valence-electron chi connectivity index (χ4n) is 2.68. The van der Waals surface area contributed by atoms with Gasteiger partial charge in [-0.05, 0) is 18.8 Å². The average Bonchev–Trinajstić information content (AvgIpc) is 2.45. The number of nitrogens with zero attached hydrogens (tertiary/aromatic N) is 1. The van der Waals surface area contributed by atoms with Gasteiger partial charge in [0, 0.05) is 0 Å². The summed E-state index contributed by atoms with van der Waals surface area (Å²) in [5.74, 6) is -0.697. The molecule has 1 aromatic rings. The van der Waals surface area contributed by atoms with Crippen molar-refractivity contribution in [1.82, 2.24) is 9.97 Å². The van der Waals surface area contributed by atoms with Crippen molar-refractivity contribution < 1.29 is 14.6 Å². The van der Waals surface area contributed by atoms with Crippen LogP contribution in [0.4, 0.5) is 5.82 Å². The van der Waals surface area contributed by atoms with Crippen molar-refractivity contribution in [3.8, 4) is 5.75 Å². The van der Waals surface area contributed by atoms with E-state index in [0.717, 1.165) is 32.1 Å². The van der Waals surface area contributed by atoms with Crippen LogP contribution in [0.3, 0.4) is 0 Å². The first-order valence-corrected chi connectivity index (χ1v) is 6.74. The summed E-state index contributed by atoms with van der Waals surface area (Å²) in [7, 11) is 1.35. The van der Waals surface area contributed by atoms with Gasteiger partial charge in [0.2, 0.25) is 5.75 Å².